The second-order valence-electron chi connectivity index (χ2n) is 4.13. The molecule has 0 aromatic carbocycles. The van der Waals surface area contributed by atoms with Crippen molar-refractivity contribution < 1.29 is 14.7 Å². The number of ketones is 1. The first-order chi connectivity index (χ1) is 7.15. The van der Waals surface area contributed by atoms with Crippen molar-refractivity contribution in [3.8, 4) is 0 Å². The maximum Gasteiger partial charge on any atom is 0.304 e. The van der Waals surface area contributed by atoms with Crippen LogP contribution in [0.25, 0.3) is 0 Å². The zero-order chi connectivity index (χ0) is 11.3. The predicted molar refractivity (Wildman–Crippen MR) is 57.5 cm³/mol. The summed E-state index contributed by atoms with van der Waals surface area (Å²) in [5.74, 6) is -0.896. The fraction of sp³-hybridized carbons (Fsp3) is 0.667. The minimum absolute atomic E-state index is 0.00513. The zero-order valence-electron chi connectivity index (χ0n) is 9.11. The SMILES string of the molecule is C/C=C/CC1CCCC(CC(=O)O)C1=O. The average molecular weight is 210 g/mol. The van der Waals surface area contributed by atoms with E-state index in [1.807, 2.05) is 19.1 Å². The van der Waals surface area contributed by atoms with Crippen LogP contribution in [0.15, 0.2) is 12.2 Å². The molecular weight excluding hydrogens is 192 g/mol. The van der Waals surface area contributed by atoms with Gasteiger partial charge in [0.05, 0.1) is 6.42 Å². The summed E-state index contributed by atoms with van der Waals surface area (Å²) in [6.45, 7) is 1.93. The summed E-state index contributed by atoms with van der Waals surface area (Å²) < 4.78 is 0. The van der Waals surface area contributed by atoms with Gasteiger partial charge in [-0.2, -0.15) is 0 Å². The smallest absolute Gasteiger partial charge is 0.304 e. The molecule has 1 saturated carbocycles. The highest BCUT2D eigenvalue weighted by Gasteiger charge is 2.31. The first-order valence-electron chi connectivity index (χ1n) is 5.51. The lowest BCUT2D eigenvalue weighted by Crippen LogP contribution is -2.29. The molecule has 1 aliphatic rings. The summed E-state index contributed by atoms with van der Waals surface area (Å²) in [6.07, 6.45) is 7.35. The highest BCUT2D eigenvalue weighted by molar-refractivity contribution is 5.87. The van der Waals surface area contributed by atoms with E-state index < -0.39 is 5.97 Å². The topological polar surface area (TPSA) is 54.4 Å². The van der Waals surface area contributed by atoms with E-state index in [4.69, 9.17) is 5.11 Å². The van der Waals surface area contributed by atoms with Gasteiger partial charge in [-0.1, -0.05) is 18.6 Å². The van der Waals surface area contributed by atoms with Crippen LogP contribution in [-0.2, 0) is 9.59 Å². The second kappa shape index (κ2) is 5.69. The van der Waals surface area contributed by atoms with Crippen molar-refractivity contribution in [2.24, 2.45) is 11.8 Å². The van der Waals surface area contributed by atoms with E-state index in [2.05, 4.69) is 0 Å². The summed E-state index contributed by atoms with van der Waals surface area (Å²) in [7, 11) is 0. The molecule has 2 atom stereocenters. The number of carbonyl (C=O) groups is 2. The van der Waals surface area contributed by atoms with E-state index in [1.165, 1.54) is 0 Å². The summed E-state index contributed by atoms with van der Waals surface area (Å²) in [6, 6.07) is 0. The minimum atomic E-state index is -0.861. The molecule has 0 aromatic rings. The van der Waals surface area contributed by atoms with Gasteiger partial charge in [-0.3, -0.25) is 9.59 Å². The lowest BCUT2D eigenvalue weighted by Gasteiger charge is -2.26. The van der Waals surface area contributed by atoms with E-state index in [9.17, 15) is 9.59 Å². The van der Waals surface area contributed by atoms with Crippen LogP contribution in [0.2, 0.25) is 0 Å². The van der Waals surface area contributed by atoms with E-state index in [0.29, 0.717) is 0 Å². The monoisotopic (exact) mass is 210 g/mol. The molecule has 0 bridgehead atoms. The molecule has 0 aliphatic heterocycles. The minimum Gasteiger partial charge on any atom is -0.481 e. The van der Waals surface area contributed by atoms with Crippen molar-refractivity contribution in [1.82, 2.24) is 0 Å². The molecule has 15 heavy (non-hydrogen) atoms. The van der Waals surface area contributed by atoms with Gasteiger partial charge in [-0.15, -0.1) is 0 Å². The van der Waals surface area contributed by atoms with Gasteiger partial charge in [0.25, 0.3) is 0 Å². The van der Waals surface area contributed by atoms with Crippen molar-refractivity contribution in [2.75, 3.05) is 0 Å². The molecule has 0 radical (unpaired) electrons. The van der Waals surface area contributed by atoms with Crippen molar-refractivity contribution in [1.29, 1.82) is 0 Å². The van der Waals surface area contributed by atoms with Crippen LogP contribution in [-0.4, -0.2) is 16.9 Å². The highest BCUT2D eigenvalue weighted by atomic mass is 16.4. The average Bonchev–Trinajstić information content (AvgIpc) is 2.19. The van der Waals surface area contributed by atoms with Crippen molar-refractivity contribution in [3.63, 3.8) is 0 Å². The molecular formula is C12H18O3. The normalized spacial score (nSPS) is 27.1. The van der Waals surface area contributed by atoms with Crippen LogP contribution in [0.3, 0.4) is 0 Å². The lowest BCUT2D eigenvalue weighted by molar-refractivity contribution is -0.142. The molecule has 3 nitrogen and oxygen atoms in total. The van der Waals surface area contributed by atoms with Crippen molar-refractivity contribution >= 4 is 11.8 Å². The Kier molecular flexibility index (Phi) is 4.53. The summed E-state index contributed by atoms with van der Waals surface area (Å²) >= 11 is 0. The molecule has 1 N–H and O–H groups in total. The Morgan fingerprint density at radius 2 is 2.13 bits per heavy atom. The van der Waals surface area contributed by atoms with Gasteiger partial charge in [-0.25, -0.2) is 0 Å². The van der Waals surface area contributed by atoms with E-state index >= 15 is 0 Å². The number of carboxylic acids is 1. The van der Waals surface area contributed by atoms with Gasteiger partial charge in [0.1, 0.15) is 5.78 Å². The number of hydrogen-bond acceptors (Lipinski definition) is 2. The van der Waals surface area contributed by atoms with Crippen LogP contribution in [0.4, 0.5) is 0 Å². The van der Waals surface area contributed by atoms with Gasteiger partial charge in [-0.05, 0) is 26.2 Å². The molecule has 0 amide bonds. The number of aliphatic carboxylic acids is 1. The third-order valence-corrected chi connectivity index (χ3v) is 2.99. The van der Waals surface area contributed by atoms with Gasteiger partial charge >= 0.3 is 5.97 Å². The Bertz CT molecular complexity index is 268. The molecule has 0 aromatic heterocycles. The van der Waals surface area contributed by atoms with Crippen LogP contribution in [0, 0.1) is 11.8 Å². The zero-order valence-corrected chi connectivity index (χ0v) is 9.11. The van der Waals surface area contributed by atoms with Crippen LogP contribution in [0.1, 0.15) is 39.0 Å². The predicted octanol–water partition coefficient (Wildman–Crippen LogP) is 2.41. The number of carboxylic acid groups (broad SMARTS) is 1. The molecule has 84 valence electrons. The summed E-state index contributed by atoms with van der Waals surface area (Å²) in [5, 5.41) is 8.68. The molecule has 1 rings (SSSR count). The molecule has 2 unspecified atom stereocenters. The number of rotatable bonds is 4. The van der Waals surface area contributed by atoms with Crippen LogP contribution >= 0.6 is 0 Å². The van der Waals surface area contributed by atoms with Crippen molar-refractivity contribution in [2.45, 2.75) is 39.0 Å². The third kappa shape index (κ3) is 3.50. The molecule has 1 aliphatic carbocycles. The molecule has 0 heterocycles. The quantitative estimate of drug-likeness (QED) is 0.725. The largest absolute Gasteiger partial charge is 0.481 e. The lowest BCUT2D eigenvalue weighted by atomic mass is 9.77. The molecule has 0 saturated heterocycles. The van der Waals surface area contributed by atoms with Gasteiger partial charge in [0.2, 0.25) is 0 Å². The summed E-state index contributed by atoms with van der Waals surface area (Å²) in [4.78, 5) is 22.4. The highest BCUT2D eigenvalue weighted by Crippen LogP contribution is 2.30. The molecule has 1 fully saturated rings. The van der Waals surface area contributed by atoms with Gasteiger partial charge in [0.15, 0.2) is 0 Å². The summed E-state index contributed by atoms with van der Waals surface area (Å²) in [5.41, 5.74) is 0. The Morgan fingerprint density at radius 1 is 1.47 bits per heavy atom. The van der Waals surface area contributed by atoms with Gasteiger partial charge in [0, 0.05) is 11.8 Å². The number of Topliss-reactive ketones (excluding diaryl/α,β-unsaturated/α-hetero) is 1. The second-order valence-corrected chi connectivity index (χ2v) is 4.13. The third-order valence-electron chi connectivity index (χ3n) is 2.99. The number of allylic oxidation sites excluding steroid dienone is 2. The van der Waals surface area contributed by atoms with E-state index in [1.54, 1.807) is 0 Å². The van der Waals surface area contributed by atoms with Gasteiger partial charge < -0.3 is 5.11 Å². The Hall–Kier alpha value is -1.12. The number of carbonyl (C=O) groups excluding carboxylic acids is 1. The van der Waals surface area contributed by atoms with Crippen molar-refractivity contribution in [3.05, 3.63) is 12.2 Å². The Labute approximate surface area is 90.2 Å². The fourth-order valence-corrected chi connectivity index (χ4v) is 2.18. The maximum atomic E-state index is 11.9. The van der Waals surface area contributed by atoms with E-state index in [0.717, 1.165) is 25.7 Å². The molecule has 0 spiro atoms. The standard InChI is InChI=1S/C12H18O3/c1-2-3-5-9-6-4-7-10(12(9)15)8-11(13)14/h2-3,9-10H,4-8H2,1H3,(H,13,14)/b3-2+. The first-order valence-corrected chi connectivity index (χ1v) is 5.51. The van der Waals surface area contributed by atoms with Crippen LogP contribution in [0.5, 0.6) is 0 Å². The Morgan fingerprint density at radius 3 is 2.73 bits per heavy atom. The Balaban J connectivity index is 2.54. The fourth-order valence-electron chi connectivity index (χ4n) is 2.18. The molecule has 3 heteroatoms. The first kappa shape index (κ1) is 12.0. The van der Waals surface area contributed by atoms with Crippen LogP contribution < -0.4 is 0 Å². The maximum absolute atomic E-state index is 11.9. The van der Waals surface area contributed by atoms with E-state index in [-0.39, 0.29) is 24.0 Å². The number of hydrogen-bond donors (Lipinski definition) is 1.